The zero-order chi connectivity index (χ0) is 29.3. The summed E-state index contributed by atoms with van der Waals surface area (Å²) >= 11 is 0. The largest absolute Gasteiger partial charge is 0.375 e. The molecule has 0 bridgehead atoms. The summed E-state index contributed by atoms with van der Waals surface area (Å²) in [7, 11) is 0. The molecule has 0 aliphatic rings. The second-order valence-electron chi connectivity index (χ2n) is 11.2. The van der Waals surface area contributed by atoms with Crippen molar-refractivity contribution in [3.05, 3.63) is 176 Å². The Bertz CT molecular complexity index is 2150. The zero-order valence-electron chi connectivity index (χ0n) is 24.2. The van der Waals surface area contributed by atoms with Crippen LogP contribution < -0.4 is 10.9 Å². The monoisotopic (exact) mass is 560 g/mol. The first-order valence-electron chi connectivity index (χ1n) is 15.1. The van der Waals surface area contributed by atoms with Crippen LogP contribution >= 0.6 is 0 Å². The van der Waals surface area contributed by atoms with Crippen LogP contribution in [0.1, 0.15) is 0 Å². The maximum atomic E-state index is 4.90. The first kappa shape index (κ1) is 26.0. The van der Waals surface area contributed by atoms with E-state index >= 15 is 0 Å². The van der Waals surface area contributed by atoms with Gasteiger partial charge in [-0.2, -0.15) is 0 Å². The summed E-state index contributed by atoms with van der Waals surface area (Å²) < 4.78 is 2.54. The molecule has 0 unspecified atom stereocenters. The predicted octanol–water partition coefficient (Wildman–Crippen LogP) is 8.84. The first-order chi connectivity index (χ1) is 21.8. The van der Waals surface area contributed by atoms with Gasteiger partial charge in [0.25, 0.3) is 0 Å². The molecule has 2 heterocycles. The van der Waals surface area contributed by atoms with Crippen LogP contribution in [0.15, 0.2) is 176 Å². The van der Waals surface area contributed by atoms with Crippen LogP contribution in [0, 0.1) is 0 Å². The average Bonchev–Trinajstić information content (AvgIpc) is 3.43. The molecule has 8 aromatic rings. The van der Waals surface area contributed by atoms with Gasteiger partial charge in [0.2, 0.25) is 0 Å². The molecule has 0 atom stereocenters. The van der Waals surface area contributed by atoms with E-state index in [0.717, 1.165) is 11.3 Å². The summed E-state index contributed by atoms with van der Waals surface area (Å²) in [5.74, 6) is 0. The fourth-order valence-electron chi connectivity index (χ4n) is 6.54. The van der Waals surface area contributed by atoms with Crippen molar-refractivity contribution in [1.82, 2.24) is 9.46 Å². The summed E-state index contributed by atoms with van der Waals surface area (Å²) in [5.41, 5.74) is 11.7. The van der Waals surface area contributed by atoms with Gasteiger partial charge in [-0.25, -0.2) is 0 Å². The highest BCUT2D eigenvalue weighted by molar-refractivity contribution is 6.85. The molecule has 206 valence electrons. The van der Waals surface area contributed by atoms with Crippen molar-refractivity contribution in [3.63, 3.8) is 0 Å². The minimum Gasteiger partial charge on any atom is -0.375 e. The second kappa shape index (κ2) is 11.2. The van der Waals surface area contributed by atoms with E-state index in [1.54, 1.807) is 0 Å². The van der Waals surface area contributed by atoms with Gasteiger partial charge in [-0.05, 0) is 58.7 Å². The Kier molecular flexibility index (Phi) is 6.62. The Morgan fingerprint density at radius 2 is 0.977 bits per heavy atom. The molecule has 8 rings (SSSR count). The standard InChI is InChI=1S/C41H29BN2/c1-5-15-30(16-6-1)32-24-25-40-36(27-32)37-28-33(31-17-7-2-8-18-31)29-38(39-23-13-14-26-43-39)41(37)44(40)42(34-19-9-3-10-20-34)35-21-11-4-12-22-35/h1-29H. The Morgan fingerprint density at radius 1 is 0.432 bits per heavy atom. The molecule has 0 saturated heterocycles. The van der Waals surface area contributed by atoms with Gasteiger partial charge < -0.3 is 4.48 Å². The van der Waals surface area contributed by atoms with Crippen molar-refractivity contribution in [2.45, 2.75) is 0 Å². The molecule has 0 radical (unpaired) electrons. The fourth-order valence-corrected chi connectivity index (χ4v) is 6.54. The summed E-state index contributed by atoms with van der Waals surface area (Å²) in [6.45, 7) is -0.0370. The van der Waals surface area contributed by atoms with Gasteiger partial charge in [0.05, 0.1) is 5.69 Å². The molecule has 0 fully saturated rings. The summed E-state index contributed by atoms with van der Waals surface area (Å²) in [4.78, 5) is 4.90. The van der Waals surface area contributed by atoms with Gasteiger partial charge >= 0.3 is 6.85 Å². The number of hydrogen-bond donors (Lipinski definition) is 0. The van der Waals surface area contributed by atoms with Crippen molar-refractivity contribution in [2.24, 2.45) is 0 Å². The summed E-state index contributed by atoms with van der Waals surface area (Å²) in [6, 6.07) is 60.9. The Labute approximate surface area is 258 Å². The highest BCUT2D eigenvalue weighted by atomic mass is 14.9. The van der Waals surface area contributed by atoms with E-state index in [9.17, 15) is 0 Å². The van der Waals surface area contributed by atoms with E-state index in [0.29, 0.717) is 0 Å². The number of hydrogen-bond acceptors (Lipinski definition) is 1. The van der Waals surface area contributed by atoms with Crippen LogP contribution in [-0.4, -0.2) is 16.3 Å². The maximum absolute atomic E-state index is 4.90. The topological polar surface area (TPSA) is 17.8 Å². The van der Waals surface area contributed by atoms with Crippen molar-refractivity contribution in [1.29, 1.82) is 0 Å². The Morgan fingerprint density at radius 3 is 1.57 bits per heavy atom. The van der Waals surface area contributed by atoms with Crippen LogP contribution in [0.25, 0.3) is 55.3 Å². The van der Waals surface area contributed by atoms with E-state index in [1.165, 1.54) is 55.0 Å². The highest BCUT2D eigenvalue weighted by Gasteiger charge is 2.28. The summed E-state index contributed by atoms with van der Waals surface area (Å²) in [5, 5.41) is 2.45. The van der Waals surface area contributed by atoms with E-state index in [4.69, 9.17) is 4.98 Å². The van der Waals surface area contributed by atoms with Crippen LogP contribution in [-0.2, 0) is 0 Å². The van der Waals surface area contributed by atoms with Crippen LogP contribution in [0.4, 0.5) is 0 Å². The number of rotatable bonds is 6. The highest BCUT2D eigenvalue weighted by Crippen LogP contribution is 2.40. The van der Waals surface area contributed by atoms with Crippen LogP contribution in [0.2, 0.25) is 0 Å². The molecule has 0 amide bonds. The number of benzene rings is 6. The minimum atomic E-state index is -0.0370. The van der Waals surface area contributed by atoms with E-state index in [2.05, 4.69) is 168 Å². The fraction of sp³-hybridized carbons (Fsp3) is 0. The quantitative estimate of drug-likeness (QED) is 0.186. The lowest BCUT2D eigenvalue weighted by Gasteiger charge is -2.21. The molecule has 0 spiro atoms. The number of fused-ring (bicyclic) bond motifs is 3. The molecule has 0 aliphatic heterocycles. The first-order valence-corrected chi connectivity index (χ1v) is 15.1. The van der Waals surface area contributed by atoms with Crippen molar-refractivity contribution >= 4 is 39.6 Å². The molecule has 2 nitrogen and oxygen atoms in total. The van der Waals surface area contributed by atoms with Gasteiger partial charge in [0, 0.05) is 33.6 Å². The van der Waals surface area contributed by atoms with Crippen molar-refractivity contribution < 1.29 is 0 Å². The van der Waals surface area contributed by atoms with Gasteiger partial charge in [-0.15, -0.1) is 0 Å². The minimum absolute atomic E-state index is 0.0370. The van der Waals surface area contributed by atoms with Crippen LogP contribution in [0.3, 0.4) is 0 Å². The van der Waals surface area contributed by atoms with Gasteiger partial charge in [-0.1, -0.05) is 144 Å². The van der Waals surface area contributed by atoms with E-state index < -0.39 is 0 Å². The normalized spacial score (nSPS) is 11.2. The molecule has 0 aliphatic carbocycles. The third-order valence-electron chi connectivity index (χ3n) is 8.54. The van der Waals surface area contributed by atoms with Crippen molar-refractivity contribution in [2.75, 3.05) is 0 Å². The Balaban J connectivity index is 1.54. The lowest BCUT2D eigenvalue weighted by molar-refractivity contribution is 1.30. The number of aromatic nitrogens is 2. The third-order valence-corrected chi connectivity index (χ3v) is 8.54. The Hall–Kier alpha value is -5.67. The smallest absolute Gasteiger partial charge is 0.328 e. The third kappa shape index (κ3) is 4.60. The SMILES string of the molecule is c1ccc(B(c2ccccc2)n2c3ccc(-c4ccccc4)cc3c3cc(-c4ccccc4)cc(-c4ccccn4)c32)cc1. The predicted molar refractivity (Wildman–Crippen MR) is 187 cm³/mol. The van der Waals surface area contributed by atoms with Gasteiger partial charge in [0.1, 0.15) is 0 Å². The average molecular weight is 561 g/mol. The molecule has 3 heteroatoms. The molecule has 0 saturated carbocycles. The van der Waals surface area contributed by atoms with Crippen molar-refractivity contribution in [3.8, 4) is 33.5 Å². The molecular weight excluding hydrogens is 531 g/mol. The molecular formula is C41H29BN2. The lowest BCUT2D eigenvalue weighted by Crippen LogP contribution is -2.48. The van der Waals surface area contributed by atoms with E-state index in [-0.39, 0.29) is 6.85 Å². The molecule has 2 aromatic heterocycles. The second-order valence-corrected chi connectivity index (χ2v) is 11.2. The van der Waals surface area contributed by atoms with E-state index in [1.807, 2.05) is 12.3 Å². The zero-order valence-corrected chi connectivity index (χ0v) is 24.2. The number of nitrogens with zero attached hydrogens (tertiary/aromatic N) is 2. The number of pyridine rings is 1. The molecule has 44 heavy (non-hydrogen) atoms. The molecule has 6 aromatic carbocycles. The van der Waals surface area contributed by atoms with Crippen LogP contribution in [0.5, 0.6) is 0 Å². The summed E-state index contributed by atoms with van der Waals surface area (Å²) in [6.07, 6.45) is 1.89. The van der Waals surface area contributed by atoms with Gasteiger partial charge in [0.15, 0.2) is 0 Å². The molecule has 0 N–H and O–H groups in total. The lowest BCUT2D eigenvalue weighted by atomic mass is 9.50. The van der Waals surface area contributed by atoms with Gasteiger partial charge in [-0.3, -0.25) is 4.98 Å². The maximum Gasteiger partial charge on any atom is 0.328 e.